The molecule has 3 rings (SSSR count). The first-order valence-electron chi connectivity index (χ1n) is 6.21. The van der Waals surface area contributed by atoms with Crippen molar-refractivity contribution >= 4 is 17.5 Å². The number of halogens is 1. The molecule has 21 heavy (non-hydrogen) atoms. The maximum atomic E-state index is 5.89. The Labute approximate surface area is 125 Å². The topological polar surface area (TPSA) is 94.3 Å². The third-order valence-electron chi connectivity index (χ3n) is 2.61. The Morgan fingerprint density at radius 3 is 2.90 bits per heavy atom. The smallest absolute Gasteiger partial charge is 0.258 e. The molecule has 0 saturated heterocycles. The van der Waals surface area contributed by atoms with Crippen LogP contribution in [0.1, 0.15) is 5.69 Å². The SMILES string of the molecule is Clc1nc(NCCc2ccccn2)nc(-n2cncn2)n1. The third kappa shape index (κ3) is 3.48. The van der Waals surface area contributed by atoms with E-state index in [9.17, 15) is 0 Å². The summed E-state index contributed by atoms with van der Waals surface area (Å²) in [6.07, 6.45) is 5.40. The van der Waals surface area contributed by atoms with Crippen molar-refractivity contribution in [3.05, 3.63) is 48.0 Å². The van der Waals surface area contributed by atoms with E-state index in [4.69, 9.17) is 11.6 Å². The van der Waals surface area contributed by atoms with Gasteiger partial charge in [0.25, 0.3) is 5.95 Å². The zero-order valence-electron chi connectivity index (χ0n) is 10.9. The van der Waals surface area contributed by atoms with Gasteiger partial charge in [-0.3, -0.25) is 4.98 Å². The summed E-state index contributed by atoms with van der Waals surface area (Å²) in [6.45, 7) is 0.633. The summed E-state index contributed by atoms with van der Waals surface area (Å²) in [4.78, 5) is 20.3. The van der Waals surface area contributed by atoms with E-state index in [1.165, 1.54) is 17.3 Å². The van der Waals surface area contributed by atoms with Crippen LogP contribution in [0.4, 0.5) is 5.95 Å². The molecule has 0 aromatic carbocycles. The van der Waals surface area contributed by atoms with E-state index in [-0.39, 0.29) is 5.28 Å². The van der Waals surface area contributed by atoms with Gasteiger partial charge in [-0.1, -0.05) is 6.07 Å². The number of rotatable bonds is 5. The zero-order chi connectivity index (χ0) is 14.5. The first kappa shape index (κ1) is 13.4. The second-order valence-corrected chi connectivity index (χ2v) is 4.40. The summed E-state index contributed by atoms with van der Waals surface area (Å²) in [5, 5.41) is 7.13. The van der Waals surface area contributed by atoms with E-state index < -0.39 is 0 Å². The first-order chi connectivity index (χ1) is 10.3. The highest BCUT2D eigenvalue weighted by Crippen LogP contribution is 2.08. The van der Waals surface area contributed by atoms with Crippen LogP contribution in [-0.4, -0.2) is 41.2 Å². The van der Waals surface area contributed by atoms with Crippen molar-refractivity contribution in [2.75, 3.05) is 11.9 Å². The minimum Gasteiger partial charge on any atom is -0.354 e. The maximum absolute atomic E-state index is 5.89. The first-order valence-corrected chi connectivity index (χ1v) is 6.59. The Hall–Kier alpha value is -2.61. The van der Waals surface area contributed by atoms with Gasteiger partial charge in [0.05, 0.1) is 0 Å². The molecule has 0 saturated carbocycles. The molecule has 0 spiro atoms. The number of nitrogens with one attached hydrogen (secondary N) is 1. The normalized spacial score (nSPS) is 10.5. The lowest BCUT2D eigenvalue weighted by Crippen LogP contribution is -2.12. The van der Waals surface area contributed by atoms with Gasteiger partial charge in [0.2, 0.25) is 11.2 Å². The second kappa shape index (κ2) is 6.23. The van der Waals surface area contributed by atoms with Crippen LogP contribution in [-0.2, 0) is 6.42 Å². The third-order valence-corrected chi connectivity index (χ3v) is 2.78. The average Bonchev–Trinajstić information content (AvgIpc) is 3.02. The average molecular weight is 303 g/mol. The highest BCUT2D eigenvalue weighted by Gasteiger charge is 2.07. The molecule has 0 amide bonds. The van der Waals surface area contributed by atoms with Crippen molar-refractivity contribution in [2.45, 2.75) is 6.42 Å². The molecule has 0 aliphatic rings. The molecule has 8 nitrogen and oxygen atoms in total. The summed E-state index contributed by atoms with van der Waals surface area (Å²) in [6, 6.07) is 5.79. The van der Waals surface area contributed by atoms with Gasteiger partial charge in [-0.15, -0.1) is 0 Å². The molecule has 3 aromatic heterocycles. The Morgan fingerprint density at radius 2 is 2.14 bits per heavy atom. The molecule has 0 unspecified atom stereocenters. The van der Waals surface area contributed by atoms with Crippen molar-refractivity contribution in [1.82, 2.24) is 34.7 Å². The fourth-order valence-corrected chi connectivity index (χ4v) is 1.84. The van der Waals surface area contributed by atoms with Gasteiger partial charge in [0.1, 0.15) is 12.7 Å². The minimum absolute atomic E-state index is 0.0934. The van der Waals surface area contributed by atoms with Crippen molar-refractivity contribution < 1.29 is 0 Å². The lowest BCUT2D eigenvalue weighted by Gasteiger charge is -2.06. The molecule has 0 radical (unpaired) electrons. The van der Waals surface area contributed by atoms with Crippen molar-refractivity contribution in [3.63, 3.8) is 0 Å². The number of hydrogen-bond acceptors (Lipinski definition) is 7. The Bertz CT molecular complexity index is 701. The summed E-state index contributed by atoms with van der Waals surface area (Å²) in [5.74, 6) is 0.698. The van der Waals surface area contributed by atoms with Crippen LogP contribution in [0.5, 0.6) is 0 Å². The van der Waals surface area contributed by atoms with Gasteiger partial charge in [-0.25, -0.2) is 4.98 Å². The Kier molecular flexibility index (Phi) is 3.97. The van der Waals surface area contributed by atoms with Crippen molar-refractivity contribution in [3.8, 4) is 5.95 Å². The molecule has 0 atom stereocenters. The lowest BCUT2D eigenvalue weighted by atomic mass is 10.3. The van der Waals surface area contributed by atoms with E-state index in [1.807, 2.05) is 18.2 Å². The molecule has 106 valence electrons. The number of pyridine rings is 1. The number of nitrogens with zero attached hydrogens (tertiary/aromatic N) is 7. The van der Waals surface area contributed by atoms with Gasteiger partial charge in [0.15, 0.2) is 0 Å². The van der Waals surface area contributed by atoms with E-state index in [2.05, 4.69) is 35.3 Å². The lowest BCUT2D eigenvalue weighted by molar-refractivity contribution is 0.792. The summed E-state index contributed by atoms with van der Waals surface area (Å²) in [7, 11) is 0. The summed E-state index contributed by atoms with van der Waals surface area (Å²) >= 11 is 5.89. The van der Waals surface area contributed by atoms with Gasteiger partial charge < -0.3 is 5.32 Å². The molecule has 1 N–H and O–H groups in total. The van der Waals surface area contributed by atoms with Gasteiger partial charge in [0, 0.05) is 24.9 Å². The van der Waals surface area contributed by atoms with Crippen LogP contribution in [0.25, 0.3) is 5.95 Å². The minimum atomic E-state index is 0.0934. The predicted molar refractivity (Wildman–Crippen MR) is 76.2 cm³/mol. The van der Waals surface area contributed by atoms with E-state index in [1.54, 1.807) is 6.20 Å². The van der Waals surface area contributed by atoms with E-state index in [0.717, 1.165) is 12.1 Å². The Morgan fingerprint density at radius 1 is 1.19 bits per heavy atom. The fourth-order valence-electron chi connectivity index (χ4n) is 1.68. The van der Waals surface area contributed by atoms with Crippen LogP contribution < -0.4 is 5.32 Å². The summed E-state index contributed by atoms with van der Waals surface area (Å²) in [5.41, 5.74) is 0.988. The van der Waals surface area contributed by atoms with Crippen LogP contribution in [0.3, 0.4) is 0 Å². The maximum Gasteiger partial charge on any atom is 0.258 e. The van der Waals surface area contributed by atoms with Crippen LogP contribution >= 0.6 is 11.6 Å². The molecule has 3 aromatic rings. The number of hydrogen-bond donors (Lipinski definition) is 1. The number of anilines is 1. The molecule has 3 heterocycles. The number of aromatic nitrogens is 7. The molecular weight excluding hydrogens is 292 g/mol. The predicted octanol–water partition coefficient (Wildman–Crippen LogP) is 1.16. The fraction of sp³-hybridized carbons (Fsp3) is 0.167. The Balaban J connectivity index is 1.68. The standard InChI is InChI=1S/C12H11ClN8/c13-10-18-11(16-6-4-9-3-1-2-5-15-9)20-12(19-10)21-8-14-7-17-21/h1-3,5,7-8H,4,6H2,(H,16,18,19,20). The summed E-state index contributed by atoms with van der Waals surface area (Å²) < 4.78 is 1.41. The molecule has 9 heteroatoms. The zero-order valence-corrected chi connectivity index (χ0v) is 11.6. The van der Waals surface area contributed by atoms with Gasteiger partial charge in [-0.05, 0) is 23.7 Å². The van der Waals surface area contributed by atoms with Gasteiger partial charge in [-0.2, -0.15) is 24.7 Å². The molecule has 0 aliphatic heterocycles. The van der Waals surface area contributed by atoms with E-state index >= 15 is 0 Å². The second-order valence-electron chi connectivity index (χ2n) is 4.07. The highest BCUT2D eigenvalue weighted by molar-refractivity contribution is 6.28. The van der Waals surface area contributed by atoms with Crippen molar-refractivity contribution in [2.24, 2.45) is 0 Å². The molecule has 0 fully saturated rings. The monoisotopic (exact) mass is 302 g/mol. The molecule has 0 aliphatic carbocycles. The van der Waals surface area contributed by atoms with Gasteiger partial charge >= 0.3 is 0 Å². The largest absolute Gasteiger partial charge is 0.354 e. The van der Waals surface area contributed by atoms with Crippen LogP contribution in [0.15, 0.2) is 37.1 Å². The van der Waals surface area contributed by atoms with E-state index in [0.29, 0.717) is 18.4 Å². The van der Waals surface area contributed by atoms with Crippen LogP contribution in [0, 0.1) is 0 Å². The van der Waals surface area contributed by atoms with Crippen molar-refractivity contribution in [1.29, 1.82) is 0 Å². The molecule has 0 bridgehead atoms. The highest BCUT2D eigenvalue weighted by atomic mass is 35.5. The molecular formula is C12H11ClN8. The quantitative estimate of drug-likeness (QED) is 0.755. The van der Waals surface area contributed by atoms with Crippen LogP contribution in [0.2, 0.25) is 5.28 Å².